The van der Waals surface area contributed by atoms with E-state index in [4.69, 9.17) is 0 Å². The first kappa shape index (κ1) is 24.9. The molecule has 4 rings (SSSR count). The molecule has 0 amide bonds. The van der Waals surface area contributed by atoms with Gasteiger partial charge in [-0.25, -0.2) is 0 Å². The molecule has 0 bridgehead atoms. The molecule has 0 spiro atoms. The quantitative estimate of drug-likeness (QED) is 0.232. The molecule has 4 aromatic carbocycles. The number of aryl methyl sites for hydroxylation is 4. The van der Waals surface area contributed by atoms with E-state index in [1.165, 1.54) is 56.1 Å². The second-order valence-electron chi connectivity index (χ2n) is 9.40. The highest BCUT2D eigenvalue weighted by molar-refractivity contribution is 7.77. The summed E-state index contributed by atoms with van der Waals surface area (Å²) in [7, 11) is -0.900. The first-order valence-corrected chi connectivity index (χ1v) is 15.2. The van der Waals surface area contributed by atoms with Crippen molar-refractivity contribution in [3.63, 3.8) is 0 Å². The summed E-state index contributed by atoms with van der Waals surface area (Å²) in [6.45, 7) is 11.3. The fourth-order valence-corrected chi connectivity index (χ4v) is 11.2. The maximum Gasteiger partial charge on any atom is -0.00861 e. The van der Waals surface area contributed by atoms with Crippen LogP contribution in [0.4, 0.5) is 0 Å². The lowest BCUT2D eigenvalue weighted by Gasteiger charge is -2.32. The first-order chi connectivity index (χ1) is 16.4. The molecule has 0 fully saturated rings. The van der Waals surface area contributed by atoms with Gasteiger partial charge in [-0.15, -0.1) is 0 Å². The van der Waals surface area contributed by atoms with Crippen LogP contribution in [0.5, 0.6) is 0 Å². The molecule has 34 heavy (non-hydrogen) atoms. The maximum atomic E-state index is 2.43. The van der Waals surface area contributed by atoms with Crippen molar-refractivity contribution in [3.8, 4) is 0 Å². The van der Waals surface area contributed by atoms with E-state index in [9.17, 15) is 0 Å². The van der Waals surface area contributed by atoms with Crippen LogP contribution in [0.2, 0.25) is 0 Å². The van der Waals surface area contributed by atoms with Crippen molar-refractivity contribution in [1.82, 2.24) is 0 Å². The molecule has 0 nitrogen and oxygen atoms in total. The van der Waals surface area contributed by atoms with E-state index in [-0.39, 0.29) is 0 Å². The van der Waals surface area contributed by atoms with Crippen LogP contribution >= 0.6 is 15.8 Å². The van der Waals surface area contributed by atoms with Crippen LogP contribution in [0, 0.1) is 27.7 Å². The Hall–Kier alpha value is -2.26. The van der Waals surface area contributed by atoms with Gasteiger partial charge >= 0.3 is 0 Å². The summed E-state index contributed by atoms with van der Waals surface area (Å²) in [5.41, 5.74) is 6.03. The summed E-state index contributed by atoms with van der Waals surface area (Å²) in [5.74, 6) is 0. The summed E-state index contributed by atoms with van der Waals surface area (Å²) in [6, 6.07) is 37.0. The molecule has 0 saturated carbocycles. The van der Waals surface area contributed by atoms with E-state index in [2.05, 4.69) is 132 Å². The second-order valence-corrected chi connectivity index (χ2v) is 14.2. The Kier molecular flexibility index (Phi) is 8.37. The van der Waals surface area contributed by atoms with E-state index < -0.39 is 15.8 Å². The predicted octanol–water partition coefficient (Wildman–Crippen LogP) is 7.26. The van der Waals surface area contributed by atoms with Crippen LogP contribution in [-0.4, -0.2) is 11.8 Å². The van der Waals surface area contributed by atoms with Gasteiger partial charge in [-0.2, -0.15) is 0 Å². The number of benzene rings is 4. The van der Waals surface area contributed by atoms with Gasteiger partial charge in [-0.05, 0) is 83.0 Å². The molecule has 0 N–H and O–H groups in total. The highest BCUT2D eigenvalue weighted by Crippen LogP contribution is 2.48. The summed E-state index contributed by atoms with van der Waals surface area (Å²) < 4.78 is 0. The van der Waals surface area contributed by atoms with Crippen molar-refractivity contribution >= 4 is 37.1 Å². The van der Waals surface area contributed by atoms with Gasteiger partial charge in [0.05, 0.1) is 0 Å². The van der Waals surface area contributed by atoms with Gasteiger partial charge in [-0.1, -0.05) is 126 Å². The standard InChI is InChI=1S/C32H36P2/c1-6-28(34(31-17-9-13-26(4)21-31)32-18-10-14-27(5)22-32)23-33(29-15-7-11-24(2)19-29)30-16-8-12-25(3)20-30/h7-22,28H,6,23H2,1-5H3. The third kappa shape index (κ3) is 6.05. The Morgan fingerprint density at radius 3 is 1.24 bits per heavy atom. The van der Waals surface area contributed by atoms with Gasteiger partial charge in [-0.3, -0.25) is 0 Å². The zero-order valence-electron chi connectivity index (χ0n) is 21.1. The predicted molar refractivity (Wildman–Crippen MR) is 156 cm³/mol. The highest BCUT2D eigenvalue weighted by atomic mass is 31.1. The normalized spacial score (nSPS) is 12.3. The number of rotatable bonds is 8. The van der Waals surface area contributed by atoms with Gasteiger partial charge in [0.2, 0.25) is 0 Å². The van der Waals surface area contributed by atoms with Crippen molar-refractivity contribution in [2.75, 3.05) is 6.16 Å². The molecule has 0 radical (unpaired) electrons. The zero-order valence-corrected chi connectivity index (χ0v) is 22.9. The molecule has 0 aliphatic rings. The zero-order chi connectivity index (χ0) is 24.1. The summed E-state index contributed by atoms with van der Waals surface area (Å²) in [6.07, 6.45) is 2.40. The molecule has 0 aromatic heterocycles. The fraction of sp³-hybridized carbons (Fsp3) is 0.250. The van der Waals surface area contributed by atoms with Crippen LogP contribution in [0.15, 0.2) is 97.1 Å². The highest BCUT2D eigenvalue weighted by Gasteiger charge is 2.28. The van der Waals surface area contributed by atoms with Crippen LogP contribution in [-0.2, 0) is 0 Å². The first-order valence-electron chi connectivity index (χ1n) is 12.3. The van der Waals surface area contributed by atoms with Gasteiger partial charge in [0.15, 0.2) is 0 Å². The lowest BCUT2D eigenvalue weighted by atomic mass is 10.2. The van der Waals surface area contributed by atoms with Gasteiger partial charge in [0, 0.05) is 0 Å². The molecular weight excluding hydrogens is 446 g/mol. The van der Waals surface area contributed by atoms with Gasteiger partial charge in [0.1, 0.15) is 0 Å². The lowest BCUT2D eigenvalue weighted by molar-refractivity contribution is 0.906. The second kappa shape index (κ2) is 11.4. The molecule has 1 atom stereocenters. The minimum Gasteiger partial charge on any atom is -0.0647 e. The van der Waals surface area contributed by atoms with Crippen molar-refractivity contribution in [3.05, 3.63) is 119 Å². The molecule has 1 unspecified atom stereocenters. The third-order valence-electron chi connectivity index (χ3n) is 6.42. The van der Waals surface area contributed by atoms with E-state index in [0.717, 1.165) is 0 Å². The van der Waals surface area contributed by atoms with Crippen molar-refractivity contribution < 1.29 is 0 Å². The van der Waals surface area contributed by atoms with Crippen molar-refractivity contribution in [2.24, 2.45) is 0 Å². The van der Waals surface area contributed by atoms with Crippen LogP contribution in [0.25, 0.3) is 0 Å². The van der Waals surface area contributed by atoms with Crippen molar-refractivity contribution in [1.29, 1.82) is 0 Å². The number of hydrogen-bond acceptors (Lipinski definition) is 0. The Morgan fingerprint density at radius 2 is 0.882 bits per heavy atom. The summed E-state index contributed by atoms with van der Waals surface area (Å²) in [4.78, 5) is 0. The molecule has 0 aliphatic heterocycles. The monoisotopic (exact) mass is 482 g/mol. The molecule has 0 saturated heterocycles. The largest absolute Gasteiger partial charge is 0.0647 e. The Morgan fingerprint density at radius 1 is 0.529 bits per heavy atom. The SMILES string of the molecule is CCC(CP(c1cccc(C)c1)c1cccc(C)c1)P(c1cccc(C)c1)c1cccc(C)c1. The molecule has 4 aromatic rings. The lowest BCUT2D eigenvalue weighted by Crippen LogP contribution is -2.27. The Bertz CT molecular complexity index is 1150. The van der Waals surface area contributed by atoms with E-state index in [0.29, 0.717) is 5.66 Å². The topological polar surface area (TPSA) is 0 Å². The molecule has 174 valence electrons. The van der Waals surface area contributed by atoms with Crippen LogP contribution in [0.3, 0.4) is 0 Å². The number of hydrogen-bond donors (Lipinski definition) is 0. The molecule has 0 aliphatic carbocycles. The Labute approximate surface area is 209 Å². The van der Waals surface area contributed by atoms with Crippen LogP contribution < -0.4 is 21.2 Å². The minimum absolute atomic E-state index is 0.441. The molecular formula is C32H36P2. The molecule has 2 heteroatoms. The van der Waals surface area contributed by atoms with Crippen molar-refractivity contribution in [2.45, 2.75) is 46.7 Å². The Balaban J connectivity index is 1.81. The van der Waals surface area contributed by atoms with Gasteiger partial charge in [0.25, 0.3) is 0 Å². The average Bonchev–Trinajstić information content (AvgIpc) is 2.81. The summed E-state index contributed by atoms with van der Waals surface area (Å²) in [5, 5.41) is 6.02. The third-order valence-corrected chi connectivity index (χ3v) is 12.3. The van der Waals surface area contributed by atoms with Crippen LogP contribution in [0.1, 0.15) is 35.6 Å². The van der Waals surface area contributed by atoms with E-state index >= 15 is 0 Å². The average molecular weight is 483 g/mol. The summed E-state index contributed by atoms with van der Waals surface area (Å²) >= 11 is 0. The van der Waals surface area contributed by atoms with E-state index in [1.54, 1.807) is 0 Å². The smallest absolute Gasteiger partial charge is 0.00861 e. The fourth-order valence-electron chi connectivity index (χ4n) is 4.68. The van der Waals surface area contributed by atoms with Gasteiger partial charge < -0.3 is 0 Å². The minimum atomic E-state index is -0.459. The molecule has 0 heterocycles. The van der Waals surface area contributed by atoms with E-state index in [1.807, 2.05) is 0 Å². The maximum absolute atomic E-state index is 2.43.